The zero-order chi connectivity index (χ0) is 21.8. The fourth-order valence-electron chi connectivity index (χ4n) is 3.72. The van der Waals surface area contributed by atoms with Gasteiger partial charge in [-0.15, -0.1) is 0 Å². The molecule has 4 N–H and O–H groups in total. The molecular formula is C21H25FN6O3. The molecular weight excluding hydrogens is 403 g/mol. The Kier molecular flexibility index (Phi) is 6.06. The highest BCUT2D eigenvalue weighted by molar-refractivity contribution is 5.56. The molecule has 0 radical (unpaired) electrons. The van der Waals surface area contributed by atoms with Gasteiger partial charge in [-0.25, -0.2) is 8.96 Å². The first kappa shape index (κ1) is 20.7. The number of rotatable bonds is 7. The highest BCUT2D eigenvalue weighted by atomic mass is 19.1. The molecule has 0 aliphatic heterocycles. The first-order valence-electron chi connectivity index (χ1n) is 10.2. The van der Waals surface area contributed by atoms with Crippen molar-refractivity contribution in [3.8, 4) is 23.5 Å². The average Bonchev–Trinajstić information content (AvgIpc) is 3.11. The van der Waals surface area contributed by atoms with E-state index in [0.29, 0.717) is 24.1 Å². The Balaban J connectivity index is 1.63. The van der Waals surface area contributed by atoms with Gasteiger partial charge in [0, 0.05) is 30.4 Å². The Hall–Kier alpha value is -3.56. The number of nitrogens with one attached hydrogen (secondary N) is 2. The maximum atomic E-state index is 14.1. The van der Waals surface area contributed by atoms with Gasteiger partial charge in [0.25, 0.3) is 0 Å². The number of hydrogen-bond acceptors (Lipinski definition) is 8. The van der Waals surface area contributed by atoms with Gasteiger partial charge in [0.2, 0.25) is 29.6 Å². The minimum atomic E-state index is -0.530. The number of aromatic nitrogens is 4. The fourth-order valence-corrected chi connectivity index (χ4v) is 3.72. The molecule has 2 heterocycles. The SMILES string of the molecule is COc1ccc(Nc2nc(NCC3CCCCC3)nc(-n3c(O)ccc3O)n2)cc1F. The summed E-state index contributed by atoms with van der Waals surface area (Å²) in [6.45, 7) is 0.712. The topological polar surface area (TPSA) is 117 Å². The van der Waals surface area contributed by atoms with Crippen LogP contribution in [0.1, 0.15) is 32.1 Å². The van der Waals surface area contributed by atoms with Crippen molar-refractivity contribution >= 4 is 17.6 Å². The minimum absolute atomic E-state index is 0.0256. The van der Waals surface area contributed by atoms with Gasteiger partial charge < -0.3 is 25.6 Å². The maximum absolute atomic E-state index is 14.1. The zero-order valence-corrected chi connectivity index (χ0v) is 17.2. The molecule has 0 bridgehead atoms. The number of benzene rings is 1. The van der Waals surface area contributed by atoms with E-state index in [1.54, 1.807) is 6.07 Å². The van der Waals surface area contributed by atoms with Gasteiger partial charge in [-0.1, -0.05) is 19.3 Å². The van der Waals surface area contributed by atoms with E-state index in [1.165, 1.54) is 50.6 Å². The van der Waals surface area contributed by atoms with Gasteiger partial charge in [0.1, 0.15) is 0 Å². The lowest BCUT2D eigenvalue weighted by molar-refractivity contribution is 0.373. The first-order chi connectivity index (χ1) is 15.0. The summed E-state index contributed by atoms with van der Waals surface area (Å²) in [7, 11) is 1.39. The highest BCUT2D eigenvalue weighted by Gasteiger charge is 2.17. The van der Waals surface area contributed by atoms with Crippen LogP contribution in [0.5, 0.6) is 17.5 Å². The van der Waals surface area contributed by atoms with E-state index in [-0.39, 0.29) is 29.4 Å². The van der Waals surface area contributed by atoms with Crippen molar-refractivity contribution in [2.75, 3.05) is 24.3 Å². The molecule has 31 heavy (non-hydrogen) atoms. The summed E-state index contributed by atoms with van der Waals surface area (Å²) in [5.41, 5.74) is 0.412. The fraction of sp³-hybridized carbons (Fsp3) is 0.381. The van der Waals surface area contributed by atoms with Crippen molar-refractivity contribution in [1.29, 1.82) is 0 Å². The second-order valence-corrected chi connectivity index (χ2v) is 7.53. The van der Waals surface area contributed by atoms with Crippen molar-refractivity contribution < 1.29 is 19.3 Å². The van der Waals surface area contributed by atoms with E-state index in [4.69, 9.17) is 4.74 Å². The van der Waals surface area contributed by atoms with E-state index in [1.807, 2.05) is 0 Å². The lowest BCUT2D eigenvalue weighted by Crippen LogP contribution is -2.19. The molecule has 1 aromatic carbocycles. The second-order valence-electron chi connectivity index (χ2n) is 7.53. The number of anilines is 3. The molecule has 1 fully saturated rings. The van der Waals surface area contributed by atoms with Crippen molar-refractivity contribution in [3.05, 3.63) is 36.1 Å². The molecule has 0 atom stereocenters. The van der Waals surface area contributed by atoms with Gasteiger partial charge in [0.15, 0.2) is 11.6 Å². The van der Waals surface area contributed by atoms with Crippen LogP contribution in [-0.2, 0) is 0 Å². The molecule has 10 heteroatoms. The molecule has 0 saturated heterocycles. The van der Waals surface area contributed by atoms with E-state index in [0.717, 1.165) is 17.4 Å². The largest absolute Gasteiger partial charge is 0.494 e. The number of halogens is 1. The predicted octanol–water partition coefficient (Wildman–Crippen LogP) is 3.96. The standard InChI is InChI=1S/C21H25FN6O3/c1-31-16-8-7-14(11-15(16)22)24-20-25-19(23-12-13-5-3-2-4-6-13)26-21(27-20)28-17(29)9-10-18(28)30/h7-11,13,29-30H,2-6,12H2,1H3,(H2,23,24,25,26,27). The van der Waals surface area contributed by atoms with Crippen LogP contribution in [0.15, 0.2) is 30.3 Å². The molecule has 2 aromatic heterocycles. The highest BCUT2D eigenvalue weighted by Crippen LogP contribution is 2.28. The summed E-state index contributed by atoms with van der Waals surface area (Å²) in [4.78, 5) is 13.0. The number of nitrogens with zero attached hydrogens (tertiary/aromatic N) is 4. The molecule has 1 aliphatic rings. The van der Waals surface area contributed by atoms with Crippen LogP contribution in [0.4, 0.5) is 22.0 Å². The Morgan fingerprint density at radius 3 is 2.42 bits per heavy atom. The normalized spacial score (nSPS) is 14.4. The summed E-state index contributed by atoms with van der Waals surface area (Å²) in [6, 6.07) is 7.05. The van der Waals surface area contributed by atoms with E-state index in [2.05, 4.69) is 25.6 Å². The summed E-state index contributed by atoms with van der Waals surface area (Å²) in [5, 5.41) is 26.3. The van der Waals surface area contributed by atoms with Crippen molar-refractivity contribution in [2.24, 2.45) is 5.92 Å². The lowest BCUT2D eigenvalue weighted by atomic mass is 9.89. The molecule has 3 aromatic rings. The van der Waals surface area contributed by atoms with Gasteiger partial charge in [-0.2, -0.15) is 15.0 Å². The van der Waals surface area contributed by atoms with Crippen molar-refractivity contribution in [3.63, 3.8) is 0 Å². The third kappa shape index (κ3) is 4.79. The van der Waals surface area contributed by atoms with Crippen LogP contribution in [0.2, 0.25) is 0 Å². The van der Waals surface area contributed by atoms with Gasteiger partial charge in [0.05, 0.1) is 7.11 Å². The van der Waals surface area contributed by atoms with Crippen molar-refractivity contribution in [1.82, 2.24) is 19.5 Å². The molecule has 0 unspecified atom stereocenters. The smallest absolute Gasteiger partial charge is 0.246 e. The molecule has 0 amide bonds. The van der Waals surface area contributed by atoms with Gasteiger partial charge in [-0.3, -0.25) is 0 Å². The lowest BCUT2D eigenvalue weighted by Gasteiger charge is -2.22. The van der Waals surface area contributed by atoms with Crippen LogP contribution in [0, 0.1) is 11.7 Å². The zero-order valence-electron chi connectivity index (χ0n) is 17.2. The molecule has 1 aliphatic carbocycles. The molecule has 9 nitrogen and oxygen atoms in total. The number of ether oxygens (including phenoxy) is 1. The van der Waals surface area contributed by atoms with Crippen molar-refractivity contribution in [2.45, 2.75) is 32.1 Å². The molecule has 0 spiro atoms. The number of hydrogen-bond donors (Lipinski definition) is 4. The van der Waals surface area contributed by atoms with E-state index in [9.17, 15) is 14.6 Å². The Labute approximate surface area is 179 Å². The molecule has 164 valence electrons. The van der Waals surface area contributed by atoms with Crippen LogP contribution in [0.3, 0.4) is 0 Å². The van der Waals surface area contributed by atoms with E-state index < -0.39 is 5.82 Å². The Morgan fingerprint density at radius 2 is 1.74 bits per heavy atom. The number of aromatic hydroxyl groups is 2. The van der Waals surface area contributed by atoms with Crippen LogP contribution >= 0.6 is 0 Å². The Morgan fingerprint density at radius 1 is 1.03 bits per heavy atom. The maximum Gasteiger partial charge on any atom is 0.246 e. The average molecular weight is 428 g/mol. The van der Waals surface area contributed by atoms with E-state index >= 15 is 0 Å². The summed E-state index contributed by atoms with van der Waals surface area (Å²) >= 11 is 0. The van der Waals surface area contributed by atoms with Gasteiger partial charge >= 0.3 is 0 Å². The summed E-state index contributed by atoms with van der Waals surface area (Å²) in [6.07, 6.45) is 6.01. The third-order valence-corrected chi connectivity index (χ3v) is 5.34. The monoisotopic (exact) mass is 428 g/mol. The van der Waals surface area contributed by atoms with Crippen LogP contribution in [0.25, 0.3) is 5.95 Å². The van der Waals surface area contributed by atoms with Crippen LogP contribution in [-0.4, -0.2) is 43.4 Å². The third-order valence-electron chi connectivity index (χ3n) is 5.34. The predicted molar refractivity (Wildman–Crippen MR) is 114 cm³/mol. The summed E-state index contributed by atoms with van der Waals surface area (Å²) < 4.78 is 20.1. The molecule has 4 rings (SSSR count). The minimum Gasteiger partial charge on any atom is -0.494 e. The van der Waals surface area contributed by atoms with Crippen LogP contribution < -0.4 is 15.4 Å². The Bertz CT molecular complexity index is 1030. The van der Waals surface area contributed by atoms with Gasteiger partial charge in [-0.05, 0) is 30.9 Å². The number of methoxy groups -OCH3 is 1. The second kappa shape index (κ2) is 9.07. The molecule has 1 saturated carbocycles. The quantitative estimate of drug-likeness (QED) is 0.447. The first-order valence-corrected chi connectivity index (χ1v) is 10.2. The summed E-state index contributed by atoms with van der Waals surface area (Å²) in [5.74, 6) is 0.142.